The lowest BCUT2D eigenvalue weighted by molar-refractivity contribution is 1.04. The van der Waals surface area contributed by atoms with E-state index in [1.165, 1.54) is 53.2 Å². The number of allylic oxidation sites excluding steroid dienone is 2. The Morgan fingerprint density at radius 3 is 1.67 bits per heavy atom. The molecule has 64 heavy (non-hydrogen) atoms. The summed E-state index contributed by atoms with van der Waals surface area (Å²) in [6.45, 7) is 6.65. The van der Waals surface area contributed by atoms with E-state index >= 15 is 0 Å². The minimum atomic E-state index is 0.532. The predicted octanol–water partition coefficient (Wildman–Crippen LogP) is 15.3. The van der Waals surface area contributed by atoms with E-state index in [-0.39, 0.29) is 0 Å². The van der Waals surface area contributed by atoms with Gasteiger partial charge in [0.1, 0.15) is 0 Å². The molecule has 4 aromatic heterocycles. The summed E-state index contributed by atoms with van der Waals surface area (Å²) >= 11 is 1.80. The number of aryl methyl sites for hydroxylation is 1. The summed E-state index contributed by atoms with van der Waals surface area (Å²) in [6.07, 6.45) is 4.17. The molecule has 6 heteroatoms. The molecule has 0 N–H and O–H groups in total. The maximum Gasteiger partial charge on any atom is 0.164 e. The first-order valence-corrected chi connectivity index (χ1v) is 22.3. The molecule has 0 aliphatic rings. The summed E-state index contributed by atoms with van der Waals surface area (Å²) in [4.78, 5) is 16.5. The van der Waals surface area contributed by atoms with Crippen molar-refractivity contribution in [2.24, 2.45) is 0 Å². The van der Waals surface area contributed by atoms with Gasteiger partial charge in [0.05, 0.1) is 22.1 Å². The van der Waals surface area contributed by atoms with Crippen LogP contribution in [0.1, 0.15) is 16.3 Å². The highest BCUT2D eigenvalue weighted by Gasteiger charge is 2.22. The van der Waals surface area contributed by atoms with Crippen LogP contribution in [0.3, 0.4) is 0 Å². The maximum atomic E-state index is 5.14. The molecule has 0 saturated carbocycles. The zero-order valence-corrected chi connectivity index (χ0v) is 35.8. The molecule has 0 saturated heterocycles. The number of aromatic nitrogens is 5. The molecule has 0 spiro atoms. The number of hydrogen-bond acceptors (Lipinski definition) is 4. The van der Waals surface area contributed by atoms with Gasteiger partial charge in [-0.25, -0.2) is 15.0 Å². The molecule has 0 atom stereocenters. The summed E-state index contributed by atoms with van der Waals surface area (Å²) in [5.74, 6) is 1.71. The lowest BCUT2D eigenvalue weighted by Gasteiger charge is -2.14. The Kier molecular flexibility index (Phi) is 8.99. The monoisotopic (exact) mass is 837 g/mol. The molecule has 4 heterocycles. The lowest BCUT2D eigenvalue weighted by atomic mass is 10.1. The average molecular weight is 838 g/mol. The van der Waals surface area contributed by atoms with E-state index in [0.717, 1.165) is 44.6 Å². The van der Waals surface area contributed by atoms with Crippen molar-refractivity contribution in [1.29, 1.82) is 0 Å². The normalized spacial score (nSPS) is 11.8. The molecule has 0 aliphatic carbocycles. The van der Waals surface area contributed by atoms with Crippen LogP contribution in [0, 0.1) is 6.92 Å². The van der Waals surface area contributed by atoms with E-state index in [1.807, 2.05) is 36.4 Å². The highest BCUT2D eigenvalue weighted by atomic mass is 32.1. The number of fused-ring (bicyclic) bond motifs is 8. The molecule has 0 radical (unpaired) electrons. The highest BCUT2D eigenvalue weighted by molar-refractivity contribution is 7.19. The van der Waals surface area contributed by atoms with Gasteiger partial charge < -0.3 is 9.13 Å². The average Bonchev–Trinajstić information content (AvgIpc) is 4.00. The molecule has 0 unspecified atom stereocenters. The van der Waals surface area contributed by atoms with Crippen molar-refractivity contribution in [2.45, 2.75) is 6.92 Å². The summed E-state index contributed by atoms with van der Waals surface area (Å²) in [6, 6.07) is 68.8. The van der Waals surface area contributed by atoms with Gasteiger partial charge in [-0.1, -0.05) is 170 Å². The van der Waals surface area contributed by atoms with Gasteiger partial charge in [0.25, 0.3) is 0 Å². The first-order chi connectivity index (χ1) is 31.6. The minimum Gasteiger partial charge on any atom is -0.307 e. The van der Waals surface area contributed by atoms with Crippen LogP contribution in [-0.4, -0.2) is 24.1 Å². The van der Waals surface area contributed by atoms with Crippen LogP contribution in [0.25, 0.3) is 111 Å². The molecule has 0 aliphatic heterocycles. The number of benzene rings is 8. The summed E-state index contributed by atoms with van der Waals surface area (Å²) < 4.78 is 6.12. The van der Waals surface area contributed by atoms with E-state index in [2.05, 4.69) is 193 Å². The van der Waals surface area contributed by atoms with Gasteiger partial charge in [0, 0.05) is 59.2 Å². The fourth-order valence-corrected chi connectivity index (χ4v) is 10.3. The van der Waals surface area contributed by atoms with Crippen LogP contribution in [0.4, 0.5) is 0 Å². The van der Waals surface area contributed by atoms with E-state index in [1.54, 1.807) is 11.3 Å². The molecular formula is C58H39N5S. The van der Waals surface area contributed by atoms with Crippen molar-refractivity contribution in [2.75, 3.05) is 0 Å². The number of rotatable bonds is 8. The van der Waals surface area contributed by atoms with Crippen molar-refractivity contribution in [1.82, 2.24) is 24.1 Å². The Morgan fingerprint density at radius 2 is 1.00 bits per heavy atom. The second-order valence-electron chi connectivity index (χ2n) is 16.1. The molecule has 12 aromatic rings. The quantitative estimate of drug-likeness (QED) is 0.143. The standard InChI is InChI=1S/C58H39N5S/c1-37(28-33-45-38(2)64-53-27-14-11-24-48(45)53)56-59-57(41-18-7-4-8-19-41)61-58(60-56)42-20-15-21-44(36-42)63-52-26-13-10-23-47(52)50-35-34-49-46-22-9-12-25-51(46)62(54(49)55(50)63)43-31-29-40(30-32-43)39-16-5-3-6-17-39/h3-36H,1H2,2H3/b33-28-. The third-order valence-electron chi connectivity index (χ3n) is 12.3. The number of hydrogen-bond donors (Lipinski definition) is 0. The van der Waals surface area contributed by atoms with Crippen molar-refractivity contribution in [3.63, 3.8) is 0 Å². The molecule has 0 bridgehead atoms. The van der Waals surface area contributed by atoms with Crippen LogP contribution in [-0.2, 0) is 0 Å². The van der Waals surface area contributed by atoms with E-state index < -0.39 is 0 Å². The van der Waals surface area contributed by atoms with Crippen molar-refractivity contribution in [3.05, 3.63) is 223 Å². The van der Waals surface area contributed by atoms with Crippen LogP contribution < -0.4 is 0 Å². The Morgan fingerprint density at radius 1 is 0.469 bits per heavy atom. The Hall–Kier alpha value is -8.19. The van der Waals surface area contributed by atoms with Crippen LogP contribution >= 0.6 is 11.3 Å². The van der Waals surface area contributed by atoms with Crippen molar-refractivity contribution in [3.8, 4) is 45.3 Å². The topological polar surface area (TPSA) is 48.5 Å². The SMILES string of the molecule is C=C(/C=C\c1c(C)sc2ccccc12)c1nc(-c2ccccc2)nc(-c2cccc(-n3c4ccccc4c4ccc5c6ccccc6n(-c6ccc(-c7ccccc7)cc6)c5c43)c2)n1. The second-order valence-corrected chi connectivity index (χ2v) is 17.4. The Labute approximate surface area is 374 Å². The maximum absolute atomic E-state index is 5.14. The number of para-hydroxylation sites is 2. The molecule has 12 rings (SSSR count). The fraction of sp³-hybridized carbons (Fsp3) is 0.0172. The zero-order chi connectivity index (χ0) is 42.7. The van der Waals surface area contributed by atoms with Gasteiger partial charge in [0.15, 0.2) is 17.5 Å². The molecule has 302 valence electrons. The zero-order valence-electron chi connectivity index (χ0n) is 35.0. The first-order valence-electron chi connectivity index (χ1n) is 21.5. The largest absolute Gasteiger partial charge is 0.307 e. The smallest absolute Gasteiger partial charge is 0.164 e. The Bertz CT molecular complexity index is 3800. The summed E-state index contributed by atoms with van der Waals surface area (Å²) in [5.41, 5.74) is 12.7. The second kappa shape index (κ2) is 15.3. The molecule has 0 amide bonds. The molecular weight excluding hydrogens is 799 g/mol. The first kappa shape index (κ1) is 37.6. The van der Waals surface area contributed by atoms with Crippen LogP contribution in [0.2, 0.25) is 0 Å². The highest BCUT2D eigenvalue weighted by Crippen LogP contribution is 2.42. The van der Waals surface area contributed by atoms with Crippen LogP contribution in [0.15, 0.2) is 207 Å². The fourth-order valence-electron chi connectivity index (χ4n) is 9.27. The molecule has 5 nitrogen and oxygen atoms in total. The van der Waals surface area contributed by atoms with E-state index in [9.17, 15) is 0 Å². The van der Waals surface area contributed by atoms with Gasteiger partial charge in [0.2, 0.25) is 0 Å². The summed E-state index contributed by atoms with van der Waals surface area (Å²) in [5, 5.41) is 6.01. The molecule has 0 fully saturated rings. The van der Waals surface area contributed by atoms with Crippen molar-refractivity contribution < 1.29 is 0 Å². The number of thiophene rings is 1. The van der Waals surface area contributed by atoms with Crippen LogP contribution in [0.5, 0.6) is 0 Å². The van der Waals surface area contributed by atoms with Crippen molar-refractivity contribution >= 4 is 76.7 Å². The lowest BCUT2D eigenvalue weighted by Crippen LogP contribution is -2.03. The van der Waals surface area contributed by atoms with E-state index in [4.69, 9.17) is 15.0 Å². The van der Waals surface area contributed by atoms with Gasteiger partial charge in [-0.3, -0.25) is 0 Å². The number of nitrogens with zero attached hydrogens (tertiary/aromatic N) is 5. The molecule has 8 aromatic carbocycles. The predicted molar refractivity (Wildman–Crippen MR) is 269 cm³/mol. The van der Waals surface area contributed by atoms with Gasteiger partial charge in [-0.15, -0.1) is 11.3 Å². The van der Waals surface area contributed by atoms with Gasteiger partial charge in [-0.2, -0.15) is 0 Å². The van der Waals surface area contributed by atoms with Gasteiger partial charge in [-0.05, 0) is 71.5 Å². The van der Waals surface area contributed by atoms with Gasteiger partial charge >= 0.3 is 0 Å². The Balaban J connectivity index is 1.04. The van der Waals surface area contributed by atoms with E-state index in [0.29, 0.717) is 23.0 Å². The minimum absolute atomic E-state index is 0.532. The third kappa shape index (κ3) is 6.26. The third-order valence-corrected chi connectivity index (χ3v) is 13.4. The summed E-state index contributed by atoms with van der Waals surface area (Å²) in [7, 11) is 0.